The highest BCUT2D eigenvalue weighted by atomic mass is 31.2. The average Bonchev–Trinajstić information content (AvgIpc) is 3.76. The fraction of sp³-hybridized carbons (Fsp3) is 0.500. The van der Waals surface area contributed by atoms with Gasteiger partial charge in [-0.2, -0.15) is 0 Å². The number of phosphoric ester groups is 1. The van der Waals surface area contributed by atoms with Gasteiger partial charge in [0.1, 0.15) is 54.5 Å². The summed E-state index contributed by atoms with van der Waals surface area (Å²) in [5.74, 6) is 0.326. The van der Waals surface area contributed by atoms with Crippen molar-refractivity contribution in [2.24, 2.45) is 0 Å². The number of anilines is 2. The molecule has 2 saturated heterocycles. The molecule has 0 spiro atoms. The Morgan fingerprint density at radius 2 is 1.48 bits per heavy atom. The van der Waals surface area contributed by atoms with Crippen molar-refractivity contribution in [1.82, 2.24) is 39.0 Å². The number of phosphoric acid groups is 1. The van der Waals surface area contributed by atoms with Gasteiger partial charge in [-0.3, -0.25) is 22.7 Å². The Bertz CT molecular complexity index is 1710. The second-order valence-electron chi connectivity index (χ2n) is 9.63. The molecule has 0 saturated carbocycles. The minimum atomic E-state index is -4.80. The number of nitrogen functional groups attached to an aromatic ring is 2. The van der Waals surface area contributed by atoms with Crippen LogP contribution in [0.1, 0.15) is 25.3 Å². The summed E-state index contributed by atoms with van der Waals surface area (Å²) in [5, 5.41) is 0. The number of ether oxygens (including phenoxy) is 2. The SMILES string of the molecule is Nc1ncnc2c1ncn2[C@H]1C[C@H](OPO)[C@@H](COP(=O)(O)O[C@H]2C[C@H](n3cnc4c(N)ncnc43)O[C@@H]2CO[PH](=O)O)O1. The fourth-order valence-corrected chi connectivity index (χ4v) is 6.68. The summed E-state index contributed by atoms with van der Waals surface area (Å²) in [6, 6.07) is 0. The molecule has 24 heteroatoms. The van der Waals surface area contributed by atoms with Gasteiger partial charge in [-0.15, -0.1) is 0 Å². The second-order valence-corrected chi connectivity index (χ2v) is 12.3. The summed E-state index contributed by atoms with van der Waals surface area (Å²) in [6.45, 7) is -0.888. The van der Waals surface area contributed by atoms with Crippen LogP contribution in [0.25, 0.3) is 22.3 Å². The largest absolute Gasteiger partial charge is 0.472 e. The lowest BCUT2D eigenvalue weighted by Crippen LogP contribution is -2.30. The number of imidazole rings is 2. The van der Waals surface area contributed by atoms with Crippen molar-refractivity contribution in [3.05, 3.63) is 25.3 Å². The minimum Gasteiger partial charge on any atom is -0.382 e. The van der Waals surface area contributed by atoms with Crippen molar-refractivity contribution >= 4 is 59.1 Å². The van der Waals surface area contributed by atoms with Gasteiger partial charge in [0.2, 0.25) is 0 Å². The zero-order valence-electron chi connectivity index (χ0n) is 22.4. The topological polar surface area (TPSA) is 289 Å². The molecule has 7 N–H and O–H groups in total. The number of fused-ring (bicyclic) bond motifs is 2. The van der Waals surface area contributed by atoms with Crippen molar-refractivity contribution in [3.8, 4) is 0 Å². The lowest BCUT2D eigenvalue weighted by molar-refractivity contribution is -0.0509. The van der Waals surface area contributed by atoms with E-state index in [-0.39, 0.29) is 24.5 Å². The van der Waals surface area contributed by atoms with E-state index in [4.69, 9.17) is 39.0 Å². The van der Waals surface area contributed by atoms with Crippen LogP contribution < -0.4 is 11.5 Å². The first kappa shape index (κ1) is 31.2. The first-order valence-electron chi connectivity index (χ1n) is 12.9. The normalized spacial score (nSPS) is 28.0. The van der Waals surface area contributed by atoms with Crippen LogP contribution in [0.5, 0.6) is 0 Å². The summed E-state index contributed by atoms with van der Waals surface area (Å²) < 4.78 is 60.4. The molecule has 4 aromatic rings. The summed E-state index contributed by atoms with van der Waals surface area (Å²) in [6.07, 6.45) is 0.286. The molecule has 2 aliphatic rings. The lowest BCUT2D eigenvalue weighted by Gasteiger charge is -2.23. The zero-order chi connectivity index (χ0) is 31.0. The standard InChI is InChI=1S/C20H27N10O11P3/c21-17-15-19(25-5-23-17)29(7-27-15)13-1-9(40-42-31)12(39-13)4-37-44(34,35)41-10-2-14(38-11(10)3-36-43(32)33)30-8-28-16-18(22)24-6-26-20(16)30/h5-14,31,42-43H,1-4H2,(H,32,33)(H,34,35)(H2,21,23,25)(H2,22,24,26)/t9-,10-,11+,12+,13+,14+/m0/s1. The molecule has 21 nitrogen and oxygen atoms in total. The van der Waals surface area contributed by atoms with Crippen molar-refractivity contribution in [1.29, 1.82) is 0 Å². The average molecular weight is 676 g/mol. The predicted octanol–water partition coefficient (Wildman–Crippen LogP) is 0.192. The third-order valence-electron chi connectivity index (χ3n) is 7.00. The first-order valence-corrected chi connectivity index (χ1v) is 16.5. The third-order valence-corrected chi connectivity index (χ3v) is 8.84. The molecule has 238 valence electrons. The van der Waals surface area contributed by atoms with Gasteiger partial charge >= 0.3 is 16.1 Å². The van der Waals surface area contributed by atoms with E-state index in [9.17, 15) is 23.8 Å². The van der Waals surface area contributed by atoms with Gasteiger partial charge in [-0.1, -0.05) is 0 Å². The molecule has 2 aliphatic heterocycles. The molecule has 0 aromatic carbocycles. The molecule has 6 rings (SSSR count). The Hall–Kier alpha value is -2.77. The predicted molar refractivity (Wildman–Crippen MR) is 150 cm³/mol. The number of nitrogens with two attached hydrogens (primary N) is 2. The maximum absolute atomic E-state index is 13.1. The number of aromatic nitrogens is 8. The van der Waals surface area contributed by atoms with Gasteiger partial charge in [-0.05, 0) is 0 Å². The molecular weight excluding hydrogens is 649 g/mol. The second kappa shape index (κ2) is 12.9. The van der Waals surface area contributed by atoms with E-state index in [1.54, 1.807) is 4.57 Å². The van der Waals surface area contributed by atoms with Crippen molar-refractivity contribution in [3.63, 3.8) is 0 Å². The van der Waals surface area contributed by atoms with Crippen LogP contribution in [0.3, 0.4) is 0 Å². The molecule has 4 aromatic heterocycles. The van der Waals surface area contributed by atoms with Gasteiger partial charge < -0.3 is 44.7 Å². The summed E-state index contributed by atoms with van der Waals surface area (Å²) in [5.41, 5.74) is 13.2. The van der Waals surface area contributed by atoms with E-state index in [0.717, 1.165) is 0 Å². The summed E-state index contributed by atoms with van der Waals surface area (Å²) in [4.78, 5) is 53.8. The zero-order valence-corrected chi connectivity index (χ0v) is 25.3. The van der Waals surface area contributed by atoms with Crippen LogP contribution >= 0.6 is 25.1 Å². The Balaban J connectivity index is 1.14. The number of nitrogens with zero attached hydrogens (tertiary/aromatic N) is 8. The molecule has 0 radical (unpaired) electrons. The van der Waals surface area contributed by atoms with E-state index in [1.807, 2.05) is 0 Å². The van der Waals surface area contributed by atoms with Gasteiger partial charge in [0.05, 0.1) is 32.0 Å². The molecule has 0 amide bonds. The van der Waals surface area contributed by atoms with E-state index in [0.29, 0.717) is 22.3 Å². The molecule has 9 atom stereocenters. The fourth-order valence-electron chi connectivity index (χ4n) is 5.03. The molecule has 0 aliphatic carbocycles. The Labute approximate surface area is 249 Å². The van der Waals surface area contributed by atoms with Gasteiger partial charge in [0.15, 0.2) is 32.0 Å². The van der Waals surface area contributed by atoms with Gasteiger partial charge in [-0.25, -0.2) is 34.5 Å². The van der Waals surface area contributed by atoms with E-state index >= 15 is 0 Å². The number of rotatable bonds is 12. The Kier molecular flexibility index (Phi) is 9.17. The van der Waals surface area contributed by atoms with Crippen LogP contribution in [0.2, 0.25) is 0 Å². The lowest BCUT2D eigenvalue weighted by atomic mass is 10.2. The van der Waals surface area contributed by atoms with Crippen LogP contribution in [-0.2, 0) is 36.7 Å². The highest BCUT2D eigenvalue weighted by Gasteiger charge is 2.44. The Morgan fingerprint density at radius 3 is 2.02 bits per heavy atom. The van der Waals surface area contributed by atoms with E-state index in [2.05, 4.69) is 29.9 Å². The van der Waals surface area contributed by atoms with Gasteiger partial charge in [0.25, 0.3) is 0 Å². The van der Waals surface area contributed by atoms with Crippen molar-refractivity contribution in [2.75, 3.05) is 24.7 Å². The quantitative estimate of drug-likeness (QED) is 0.125. The van der Waals surface area contributed by atoms with Crippen LogP contribution in [0, 0.1) is 0 Å². The van der Waals surface area contributed by atoms with Crippen molar-refractivity contribution in [2.45, 2.75) is 49.7 Å². The van der Waals surface area contributed by atoms with Crippen LogP contribution in [0.15, 0.2) is 25.3 Å². The first-order chi connectivity index (χ1) is 21.1. The molecule has 0 bridgehead atoms. The smallest absolute Gasteiger partial charge is 0.382 e. The Morgan fingerprint density at radius 1 is 0.932 bits per heavy atom. The van der Waals surface area contributed by atoms with Crippen LogP contribution in [-0.4, -0.2) is 91.3 Å². The molecule has 6 heterocycles. The highest BCUT2D eigenvalue weighted by molar-refractivity contribution is 7.47. The summed E-state index contributed by atoms with van der Waals surface area (Å²) >= 11 is 0. The van der Waals surface area contributed by atoms with E-state index < -0.39 is 75.2 Å². The highest BCUT2D eigenvalue weighted by Crippen LogP contribution is 2.50. The summed E-state index contributed by atoms with van der Waals surface area (Å²) in [7, 11) is -9.03. The monoisotopic (exact) mass is 676 g/mol. The third kappa shape index (κ3) is 6.46. The van der Waals surface area contributed by atoms with Crippen LogP contribution in [0.4, 0.5) is 11.6 Å². The number of hydrogen-bond donors (Lipinski definition) is 5. The van der Waals surface area contributed by atoms with Gasteiger partial charge in [0, 0.05) is 12.8 Å². The minimum absolute atomic E-state index is 0.0122. The molecule has 3 unspecified atom stereocenters. The maximum atomic E-state index is 13.1. The molecule has 2 fully saturated rings. The van der Waals surface area contributed by atoms with E-state index in [1.165, 1.54) is 29.9 Å². The maximum Gasteiger partial charge on any atom is 0.472 e. The van der Waals surface area contributed by atoms with Crippen molar-refractivity contribution < 1.29 is 51.4 Å². The molecule has 44 heavy (non-hydrogen) atoms. The molecular formula is C20H27N10O11P3. The number of hydrogen-bond acceptors (Lipinski definition) is 17.